The number of nitrogens with two attached hydrogens (primary N) is 1. The number of nitrogens with zero attached hydrogens (tertiary/aromatic N) is 1. The molecule has 0 aliphatic carbocycles. The summed E-state index contributed by atoms with van der Waals surface area (Å²) >= 11 is 0. The van der Waals surface area contributed by atoms with Crippen molar-refractivity contribution in [2.24, 2.45) is 11.7 Å². The van der Waals surface area contributed by atoms with Crippen molar-refractivity contribution in [1.29, 1.82) is 0 Å². The fourth-order valence-electron chi connectivity index (χ4n) is 1.97. The van der Waals surface area contributed by atoms with Crippen molar-refractivity contribution in [3.8, 4) is 5.75 Å². The second-order valence-corrected chi connectivity index (χ2v) is 6.19. The number of hydrogen-bond acceptors (Lipinski definition) is 4. The van der Waals surface area contributed by atoms with E-state index in [1.165, 1.54) is 28.6 Å². The van der Waals surface area contributed by atoms with Gasteiger partial charge in [0.15, 0.2) is 0 Å². The zero-order chi connectivity index (χ0) is 13.3. The largest absolute Gasteiger partial charge is 0.508 e. The number of carbonyl (C=O) groups excluding carboxylic acids is 1. The summed E-state index contributed by atoms with van der Waals surface area (Å²) in [5.74, 6) is -1.03. The molecule has 6 nitrogen and oxygen atoms in total. The van der Waals surface area contributed by atoms with Crippen LogP contribution in [0.15, 0.2) is 29.2 Å². The highest BCUT2D eigenvalue weighted by Crippen LogP contribution is 2.25. The van der Waals surface area contributed by atoms with E-state index in [9.17, 15) is 18.3 Å². The van der Waals surface area contributed by atoms with Crippen LogP contribution in [-0.2, 0) is 14.8 Å². The van der Waals surface area contributed by atoms with Gasteiger partial charge in [0.25, 0.3) is 0 Å². The summed E-state index contributed by atoms with van der Waals surface area (Å²) in [7, 11) is -3.66. The molecule has 0 aromatic heterocycles. The highest BCUT2D eigenvalue weighted by atomic mass is 32.2. The first-order valence-electron chi connectivity index (χ1n) is 5.50. The van der Waals surface area contributed by atoms with Crippen molar-refractivity contribution in [2.45, 2.75) is 11.3 Å². The molecule has 1 aliphatic rings. The molecule has 1 atom stereocenters. The Kier molecular flexibility index (Phi) is 3.27. The third-order valence-electron chi connectivity index (χ3n) is 3.01. The van der Waals surface area contributed by atoms with Gasteiger partial charge in [-0.3, -0.25) is 4.79 Å². The lowest BCUT2D eigenvalue weighted by atomic mass is 10.1. The molecule has 1 unspecified atom stereocenters. The fourth-order valence-corrected chi connectivity index (χ4v) is 3.51. The van der Waals surface area contributed by atoms with Gasteiger partial charge in [-0.1, -0.05) is 6.07 Å². The van der Waals surface area contributed by atoms with Crippen molar-refractivity contribution in [1.82, 2.24) is 4.31 Å². The van der Waals surface area contributed by atoms with E-state index in [2.05, 4.69) is 0 Å². The van der Waals surface area contributed by atoms with Crippen molar-refractivity contribution in [3.63, 3.8) is 0 Å². The Balaban J connectivity index is 2.25. The highest BCUT2D eigenvalue weighted by molar-refractivity contribution is 7.89. The minimum absolute atomic E-state index is 0.0209. The average molecular weight is 270 g/mol. The summed E-state index contributed by atoms with van der Waals surface area (Å²) in [6.45, 7) is 0.374. The maximum atomic E-state index is 12.2. The quantitative estimate of drug-likeness (QED) is 0.800. The van der Waals surface area contributed by atoms with E-state index in [-0.39, 0.29) is 23.7 Å². The number of phenols is 1. The molecule has 1 fully saturated rings. The SMILES string of the molecule is NC(=O)C1CCN(S(=O)(=O)c2cccc(O)c2)C1. The Hall–Kier alpha value is -1.60. The van der Waals surface area contributed by atoms with E-state index in [0.29, 0.717) is 6.42 Å². The molecule has 2 rings (SSSR count). The molecule has 3 N–H and O–H groups in total. The van der Waals surface area contributed by atoms with Crippen LogP contribution >= 0.6 is 0 Å². The third-order valence-corrected chi connectivity index (χ3v) is 4.87. The minimum atomic E-state index is -3.66. The molecule has 1 heterocycles. The zero-order valence-electron chi connectivity index (χ0n) is 9.61. The van der Waals surface area contributed by atoms with Crippen molar-refractivity contribution < 1.29 is 18.3 Å². The van der Waals surface area contributed by atoms with Crippen molar-refractivity contribution >= 4 is 15.9 Å². The fraction of sp³-hybridized carbons (Fsp3) is 0.364. The molecule has 0 spiro atoms. The van der Waals surface area contributed by atoms with Gasteiger partial charge in [0, 0.05) is 13.1 Å². The second-order valence-electron chi connectivity index (χ2n) is 4.25. The molecular weight excluding hydrogens is 256 g/mol. The number of phenolic OH excluding ortho intramolecular Hbond substituents is 1. The number of hydrogen-bond donors (Lipinski definition) is 2. The van der Waals surface area contributed by atoms with Gasteiger partial charge in [0.2, 0.25) is 15.9 Å². The Bertz CT molecular complexity index is 570. The van der Waals surface area contributed by atoms with Crippen LogP contribution in [0.3, 0.4) is 0 Å². The summed E-state index contributed by atoms with van der Waals surface area (Å²) in [6, 6.07) is 5.46. The van der Waals surface area contributed by atoms with Crippen LogP contribution in [0.4, 0.5) is 0 Å². The standard InChI is InChI=1S/C11H14N2O4S/c12-11(15)8-4-5-13(7-8)18(16,17)10-3-1-2-9(14)6-10/h1-3,6,8,14H,4-5,7H2,(H2,12,15). The first-order chi connectivity index (χ1) is 8.41. The first-order valence-corrected chi connectivity index (χ1v) is 6.94. The van der Waals surface area contributed by atoms with Crippen LogP contribution in [-0.4, -0.2) is 36.8 Å². The molecule has 7 heteroatoms. The summed E-state index contributed by atoms with van der Waals surface area (Å²) in [5.41, 5.74) is 5.17. The number of amides is 1. The highest BCUT2D eigenvalue weighted by Gasteiger charge is 2.34. The van der Waals surface area contributed by atoms with E-state index in [0.717, 1.165) is 0 Å². The molecule has 1 saturated heterocycles. The third kappa shape index (κ3) is 2.32. The number of benzene rings is 1. The molecule has 18 heavy (non-hydrogen) atoms. The molecule has 0 saturated carbocycles. The predicted molar refractivity (Wildman–Crippen MR) is 64.2 cm³/mol. The smallest absolute Gasteiger partial charge is 0.243 e. The molecule has 98 valence electrons. The number of aromatic hydroxyl groups is 1. The van der Waals surface area contributed by atoms with Gasteiger partial charge in [-0.2, -0.15) is 4.31 Å². The van der Waals surface area contributed by atoms with Crippen LogP contribution in [0.2, 0.25) is 0 Å². The van der Waals surface area contributed by atoms with E-state index < -0.39 is 21.8 Å². The van der Waals surface area contributed by atoms with Gasteiger partial charge in [0.05, 0.1) is 10.8 Å². The maximum Gasteiger partial charge on any atom is 0.243 e. The molecule has 1 amide bonds. The minimum Gasteiger partial charge on any atom is -0.508 e. The van der Waals surface area contributed by atoms with E-state index in [1.54, 1.807) is 0 Å². The normalized spacial score (nSPS) is 21.0. The lowest BCUT2D eigenvalue weighted by Gasteiger charge is -2.16. The van der Waals surface area contributed by atoms with E-state index in [4.69, 9.17) is 5.73 Å². The lowest BCUT2D eigenvalue weighted by Crippen LogP contribution is -2.31. The molecule has 0 bridgehead atoms. The van der Waals surface area contributed by atoms with Crippen LogP contribution in [0.5, 0.6) is 5.75 Å². The number of sulfonamides is 1. The van der Waals surface area contributed by atoms with Gasteiger partial charge >= 0.3 is 0 Å². The van der Waals surface area contributed by atoms with Gasteiger partial charge in [-0.05, 0) is 24.6 Å². The Labute approximate surface area is 105 Å². The molecular formula is C11H14N2O4S. The second kappa shape index (κ2) is 4.58. The number of primary amides is 1. The first kappa shape index (κ1) is 12.8. The van der Waals surface area contributed by atoms with Crippen LogP contribution in [0.25, 0.3) is 0 Å². The molecule has 1 aliphatic heterocycles. The van der Waals surface area contributed by atoms with Crippen molar-refractivity contribution in [3.05, 3.63) is 24.3 Å². The topological polar surface area (TPSA) is 101 Å². The average Bonchev–Trinajstić information content (AvgIpc) is 2.79. The van der Waals surface area contributed by atoms with E-state index >= 15 is 0 Å². The Morgan fingerprint density at radius 3 is 2.72 bits per heavy atom. The summed E-state index contributed by atoms with van der Waals surface area (Å²) in [4.78, 5) is 11.0. The maximum absolute atomic E-state index is 12.2. The van der Waals surface area contributed by atoms with Crippen molar-refractivity contribution in [2.75, 3.05) is 13.1 Å². The van der Waals surface area contributed by atoms with Gasteiger partial charge < -0.3 is 10.8 Å². The zero-order valence-corrected chi connectivity index (χ0v) is 10.4. The Morgan fingerprint density at radius 2 is 2.17 bits per heavy atom. The summed E-state index contributed by atoms with van der Waals surface area (Å²) < 4.78 is 25.7. The molecule has 0 radical (unpaired) electrons. The summed E-state index contributed by atoms with van der Waals surface area (Å²) in [6.07, 6.45) is 0.438. The molecule has 1 aromatic rings. The number of carbonyl (C=O) groups is 1. The lowest BCUT2D eigenvalue weighted by molar-refractivity contribution is -0.121. The number of rotatable bonds is 3. The van der Waals surface area contributed by atoms with Gasteiger partial charge in [0.1, 0.15) is 5.75 Å². The van der Waals surface area contributed by atoms with Crippen LogP contribution in [0, 0.1) is 5.92 Å². The predicted octanol–water partition coefficient (Wildman–Crippen LogP) is -0.112. The Morgan fingerprint density at radius 1 is 1.44 bits per heavy atom. The van der Waals surface area contributed by atoms with Gasteiger partial charge in [-0.25, -0.2) is 8.42 Å². The van der Waals surface area contributed by atoms with Crippen LogP contribution in [0.1, 0.15) is 6.42 Å². The summed E-state index contributed by atoms with van der Waals surface area (Å²) in [5, 5.41) is 9.30. The van der Waals surface area contributed by atoms with Gasteiger partial charge in [-0.15, -0.1) is 0 Å². The monoisotopic (exact) mass is 270 g/mol. The van der Waals surface area contributed by atoms with Crippen LogP contribution < -0.4 is 5.73 Å². The molecule has 1 aromatic carbocycles. The van der Waals surface area contributed by atoms with E-state index in [1.807, 2.05) is 0 Å².